The molecule has 5 rings (SSSR count). The molecule has 14 heteroatoms. The van der Waals surface area contributed by atoms with Gasteiger partial charge in [0.05, 0.1) is 23.9 Å². The van der Waals surface area contributed by atoms with Gasteiger partial charge >= 0.3 is 6.18 Å². The molecule has 1 saturated heterocycles. The number of quaternary nitrogens is 1. The minimum Gasteiger partial charge on any atom is -0.595 e. The number of nitrogens with one attached hydrogen (secondary N) is 3. The molecule has 1 atom stereocenters. The number of hydrogen-bond donors (Lipinski definition) is 4. The minimum absolute atomic E-state index is 0.248. The highest BCUT2D eigenvalue weighted by atomic mass is 35.5. The standard InChI is InChI=1S/C27H31ClF3N7O3/c28-22-14-18(2-5-25(22)41-13-1-9-36-11-7-32-8-12-36)35-26-20-6-10-37(16-23(20)33-17-34-26)19-3-4-24(38(39)40)21(15-19)27(29,30)31/h2-5,14-15,17,32,38-39H,1,6-13,16H2,(H,33,34,35). The first-order chi connectivity index (χ1) is 19.7. The molecule has 0 bridgehead atoms. The topological polar surface area (TPSA) is 113 Å². The third-order valence-electron chi connectivity index (χ3n) is 7.19. The first-order valence-corrected chi connectivity index (χ1v) is 13.7. The highest BCUT2D eigenvalue weighted by Crippen LogP contribution is 2.37. The van der Waals surface area contributed by atoms with E-state index in [2.05, 4.69) is 25.5 Å². The molecule has 3 aromatic rings. The molecule has 2 aromatic carbocycles. The lowest BCUT2D eigenvalue weighted by Gasteiger charge is -2.31. The van der Waals surface area contributed by atoms with Crippen LogP contribution >= 0.6 is 11.6 Å². The molecule has 0 aliphatic carbocycles. The van der Waals surface area contributed by atoms with E-state index in [0.717, 1.165) is 56.8 Å². The number of piperazine rings is 1. The zero-order valence-electron chi connectivity index (χ0n) is 22.2. The van der Waals surface area contributed by atoms with Gasteiger partial charge in [-0.25, -0.2) is 15.2 Å². The highest BCUT2D eigenvalue weighted by molar-refractivity contribution is 6.32. The van der Waals surface area contributed by atoms with Crippen molar-refractivity contribution in [2.45, 2.75) is 25.6 Å². The maximum atomic E-state index is 13.5. The number of halogens is 4. The van der Waals surface area contributed by atoms with Crippen LogP contribution < -0.4 is 25.5 Å². The van der Waals surface area contributed by atoms with Crippen LogP contribution in [0.25, 0.3) is 0 Å². The van der Waals surface area contributed by atoms with Crippen LogP contribution in [0.15, 0.2) is 42.7 Å². The van der Waals surface area contributed by atoms with Crippen molar-refractivity contribution in [3.8, 4) is 5.75 Å². The van der Waals surface area contributed by atoms with Crippen LogP contribution in [-0.4, -0.2) is 66.0 Å². The lowest BCUT2D eigenvalue weighted by molar-refractivity contribution is -0.991. The summed E-state index contributed by atoms with van der Waals surface area (Å²) in [6, 6.07) is 8.69. The Bertz CT molecular complexity index is 1360. The number of hydrogen-bond acceptors (Lipinski definition) is 9. The highest BCUT2D eigenvalue weighted by Gasteiger charge is 2.37. The molecule has 0 spiro atoms. The van der Waals surface area contributed by atoms with Crippen molar-refractivity contribution >= 4 is 34.5 Å². The number of aromatic nitrogens is 2. The monoisotopic (exact) mass is 593 g/mol. The van der Waals surface area contributed by atoms with Crippen LogP contribution in [0.2, 0.25) is 5.02 Å². The average Bonchev–Trinajstić information content (AvgIpc) is 2.96. The molecule has 41 heavy (non-hydrogen) atoms. The number of anilines is 3. The zero-order chi connectivity index (χ0) is 29.0. The Kier molecular flexibility index (Phi) is 9.12. The Morgan fingerprint density at radius 3 is 2.66 bits per heavy atom. The average molecular weight is 594 g/mol. The third kappa shape index (κ3) is 7.18. The Morgan fingerprint density at radius 1 is 1.12 bits per heavy atom. The first kappa shape index (κ1) is 29.3. The molecule has 0 amide bonds. The molecule has 1 aromatic heterocycles. The van der Waals surface area contributed by atoms with Gasteiger partial charge in [-0.15, -0.1) is 0 Å². The number of fused-ring (bicyclic) bond motifs is 1. The molecule has 2 aliphatic rings. The van der Waals surface area contributed by atoms with Gasteiger partial charge in [-0.05, 0) is 43.2 Å². The van der Waals surface area contributed by atoms with E-state index in [4.69, 9.17) is 16.3 Å². The van der Waals surface area contributed by atoms with Crippen molar-refractivity contribution in [1.29, 1.82) is 0 Å². The van der Waals surface area contributed by atoms with E-state index in [1.165, 1.54) is 12.4 Å². The Morgan fingerprint density at radius 2 is 1.93 bits per heavy atom. The summed E-state index contributed by atoms with van der Waals surface area (Å²) in [5.41, 5.74) is 0.549. The summed E-state index contributed by atoms with van der Waals surface area (Å²) in [6.45, 7) is 6.32. The molecule has 220 valence electrons. The van der Waals surface area contributed by atoms with E-state index in [1.54, 1.807) is 11.0 Å². The summed E-state index contributed by atoms with van der Waals surface area (Å²) < 4.78 is 46.5. The van der Waals surface area contributed by atoms with Crippen LogP contribution in [0.3, 0.4) is 0 Å². The van der Waals surface area contributed by atoms with E-state index in [-0.39, 0.29) is 12.2 Å². The maximum Gasteiger partial charge on any atom is 0.422 e. The summed E-state index contributed by atoms with van der Waals surface area (Å²) in [4.78, 5) is 12.9. The van der Waals surface area contributed by atoms with Crippen LogP contribution in [0, 0.1) is 5.21 Å². The van der Waals surface area contributed by atoms with Gasteiger partial charge in [-0.1, -0.05) is 11.6 Å². The predicted octanol–water partition coefficient (Wildman–Crippen LogP) is 3.53. The maximum absolute atomic E-state index is 13.5. The number of nitrogens with zero attached hydrogens (tertiary/aromatic N) is 4. The fourth-order valence-corrected chi connectivity index (χ4v) is 5.30. The molecule has 0 radical (unpaired) electrons. The van der Waals surface area contributed by atoms with Crippen LogP contribution in [-0.2, 0) is 19.1 Å². The Balaban J connectivity index is 1.23. The van der Waals surface area contributed by atoms with Crippen LogP contribution in [0.5, 0.6) is 5.75 Å². The summed E-state index contributed by atoms with van der Waals surface area (Å²) >= 11 is 6.49. The van der Waals surface area contributed by atoms with Gasteiger partial charge in [0, 0.05) is 62.3 Å². The number of benzene rings is 2. The second-order valence-corrected chi connectivity index (χ2v) is 10.3. The summed E-state index contributed by atoms with van der Waals surface area (Å²) in [6.07, 6.45) is -2.01. The van der Waals surface area contributed by atoms with Gasteiger partial charge in [0.15, 0.2) is 5.69 Å². The van der Waals surface area contributed by atoms with E-state index < -0.39 is 22.7 Å². The SMILES string of the molecule is [O-][NH+](O)c1ccc(N2CCc3c(ncnc3Nc3ccc(OCCCN4CCNCC4)c(Cl)c3)C2)cc1C(F)(F)F. The number of rotatable bonds is 9. The molecule has 4 N–H and O–H groups in total. The fourth-order valence-electron chi connectivity index (χ4n) is 5.07. The van der Waals surface area contributed by atoms with Gasteiger partial charge in [0.2, 0.25) is 0 Å². The molecule has 2 aliphatic heterocycles. The van der Waals surface area contributed by atoms with Gasteiger partial charge < -0.3 is 30.4 Å². The normalized spacial score (nSPS) is 16.8. The van der Waals surface area contributed by atoms with Crippen LogP contribution in [0.1, 0.15) is 23.2 Å². The summed E-state index contributed by atoms with van der Waals surface area (Å²) in [5.74, 6) is 1.19. The van der Waals surface area contributed by atoms with Crippen molar-refractivity contribution in [3.05, 3.63) is 69.8 Å². The lowest BCUT2D eigenvalue weighted by atomic mass is 10.0. The lowest BCUT2D eigenvalue weighted by Crippen LogP contribution is -2.99. The minimum atomic E-state index is -4.79. The van der Waals surface area contributed by atoms with Crippen molar-refractivity contribution in [3.63, 3.8) is 0 Å². The van der Waals surface area contributed by atoms with Crippen LogP contribution in [0.4, 0.5) is 36.1 Å². The van der Waals surface area contributed by atoms with Gasteiger partial charge in [0.1, 0.15) is 23.5 Å². The first-order valence-electron chi connectivity index (χ1n) is 13.3. The van der Waals surface area contributed by atoms with E-state index in [9.17, 15) is 23.6 Å². The number of ether oxygens (including phenoxy) is 1. The molecule has 1 fully saturated rings. The molecule has 3 heterocycles. The summed E-state index contributed by atoms with van der Waals surface area (Å²) in [5, 5.41) is 26.0. The predicted molar refractivity (Wildman–Crippen MR) is 148 cm³/mol. The fraction of sp³-hybridized carbons (Fsp3) is 0.407. The quantitative estimate of drug-likeness (QED) is 0.219. The zero-order valence-corrected chi connectivity index (χ0v) is 22.9. The molecule has 10 nitrogen and oxygen atoms in total. The third-order valence-corrected chi connectivity index (χ3v) is 7.49. The molecular formula is C27H31ClF3N7O3. The summed E-state index contributed by atoms with van der Waals surface area (Å²) in [7, 11) is 0. The largest absolute Gasteiger partial charge is 0.595 e. The van der Waals surface area contributed by atoms with Crippen molar-refractivity contribution in [2.24, 2.45) is 0 Å². The van der Waals surface area contributed by atoms with Crippen molar-refractivity contribution in [2.75, 3.05) is 56.1 Å². The van der Waals surface area contributed by atoms with E-state index in [0.29, 0.717) is 47.5 Å². The Labute approximate surface area is 240 Å². The van der Waals surface area contributed by atoms with E-state index >= 15 is 0 Å². The Hall–Kier alpha value is -3.20. The van der Waals surface area contributed by atoms with Gasteiger partial charge in [-0.3, -0.25) is 0 Å². The van der Waals surface area contributed by atoms with Crippen molar-refractivity contribution < 1.29 is 28.3 Å². The van der Waals surface area contributed by atoms with Crippen molar-refractivity contribution in [1.82, 2.24) is 20.2 Å². The van der Waals surface area contributed by atoms with Gasteiger partial charge in [0.25, 0.3) is 0 Å². The molecule has 1 unspecified atom stereocenters. The number of alkyl halides is 3. The molecule has 0 saturated carbocycles. The second kappa shape index (κ2) is 12.8. The van der Waals surface area contributed by atoms with E-state index in [1.807, 2.05) is 12.1 Å². The second-order valence-electron chi connectivity index (χ2n) is 9.92. The molecular weight excluding hydrogens is 563 g/mol. The van der Waals surface area contributed by atoms with Gasteiger partial charge in [-0.2, -0.15) is 18.4 Å². The smallest absolute Gasteiger partial charge is 0.422 e.